The van der Waals surface area contributed by atoms with Crippen molar-refractivity contribution in [3.05, 3.63) is 24.0 Å². The summed E-state index contributed by atoms with van der Waals surface area (Å²) in [4.78, 5) is 20.8. The number of hydrogen-bond donors (Lipinski definition) is 2. The maximum absolute atomic E-state index is 11.9. The van der Waals surface area contributed by atoms with Gasteiger partial charge in [-0.1, -0.05) is 5.16 Å². The van der Waals surface area contributed by atoms with Crippen LogP contribution in [0.4, 0.5) is 11.4 Å². The van der Waals surface area contributed by atoms with Gasteiger partial charge in [-0.15, -0.1) is 12.4 Å². The number of halogens is 1. The van der Waals surface area contributed by atoms with Crippen molar-refractivity contribution >= 4 is 29.7 Å². The molecule has 4 rings (SSSR count). The van der Waals surface area contributed by atoms with Gasteiger partial charge in [-0.05, 0) is 25.2 Å². The van der Waals surface area contributed by atoms with Gasteiger partial charge in [0.2, 0.25) is 5.91 Å². The number of benzene rings is 1. The number of anilines is 2. The average molecular weight is 379 g/mol. The molecule has 2 aliphatic rings. The van der Waals surface area contributed by atoms with Crippen LogP contribution in [0.15, 0.2) is 22.7 Å². The van der Waals surface area contributed by atoms with Crippen LogP contribution in [0.2, 0.25) is 0 Å². The molecule has 2 aliphatic heterocycles. The molecule has 0 saturated carbocycles. The molecule has 0 aliphatic carbocycles. The number of fused-ring (bicyclic) bond motifs is 1. The lowest BCUT2D eigenvalue weighted by atomic mass is 10.1. The summed E-state index contributed by atoms with van der Waals surface area (Å²) in [5.41, 5.74) is 2.57. The van der Waals surface area contributed by atoms with Gasteiger partial charge in [-0.3, -0.25) is 9.69 Å². The summed E-state index contributed by atoms with van der Waals surface area (Å²) >= 11 is 0. The number of amides is 1. The third-order valence-corrected chi connectivity index (χ3v) is 4.85. The van der Waals surface area contributed by atoms with Crippen LogP contribution in [-0.4, -0.2) is 61.2 Å². The predicted molar refractivity (Wildman–Crippen MR) is 102 cm³/mol. The molecule has 1 aromatic carbocycles. The Morgan fingerprint density at radius 3 is 2.92 bits per heavy atom. The molecule has 3 heterocycles. The molecular formula is C17H23ClN6O2. The fraction of sp³-hybridized carbons (Fsp3) is 0.471. The number of likely N-dealkylation sites (N-methyl/N-ethyl adjacent to an activating group) is 1. The molecular weight excluding hydrogens is 356 g/mol. The lowest BCUT2D eigenvalue weighted by Gasteiger charge is -2.30. The van der Waals surface area contributed by atoms with E-state index < -0.39 is 0 Å². The molecule has 1 amide bonds. The maximum Gasteiger partial charge on any atom is 0.258 e. The second-order valence-corrected chi connectivity index (χ2v) is 6.61. The van der Waals surface area contributed by atoms with E-state index in [4.69, 9.17) is 4.52 Å². The first-order valence-corrected chi connectivity index (χ1v) is 8.52. The molecule has 8 nitrogen and oxygen atoms in total. The van der Waals surface area contributed by atoms with Gasteiger partial charge in [0.1, 0.15) is 0 Å². The van der Waals surface area contributed by atoms with Crippen LogP contribution in [0.25, 0.3) is 11.5 Å². The van der Waals surface area contributed by atoms with Gasteiger partial charge >= 0.3 is 0 Å². The molecule has 140 valence electrons. The lowest BCUT2D eigenvalue weighted by Crippen LogP contribution is -2.44. The Kier molecular flexibility index (Phi) is 5.45. The molecule has 26 heavy (non-hydrogen) atoms. The van der Waals surface area contributed by atoms with E-state index in [1.54, 1.807) is 0 Å². The number of piperazine rings is 1. The summed E-state index contributed by atoms with van der Waals surface area (Å²) in [5.74, 6) is 1.17. The van der Waals surface area contributed by atoms with Crippen LogP contribution in [0.3, 0.4) is 0 Å². The minimum absolute atomic E-state index is 0. The van der Waals surface area contributed by atoms with Crippen LogP contribution in [0.5, 0.6) is 0 Å². The third-order valence-electron chi connectivity index (χ3n) is 4.85. The third kappa shape index (κ3) is 3.53. The number of carbonyl (C=O) groups excluding carboxylic acids is 1. The normalized spacial score (nSPS) is 20.8. The predicted octanol–water partition coefficient (Wildman–Crippen LogP) is 1.51. The van der Waals surface area contributed by atoms with Crippen LogP contribution >= 0.6 is 12.4 Å². The highest BCUT2D eigenvalue weighted by atomic mass is 35.5. The van der Waals surface area contributed by atoms with Crippen molar-refractivity contribution in [1.29, 1.82) is 0 Å². The number of aromatic nitrogens is 2. The van der Waals surface area contributed by atoms with E-state index in [2.05, 4.69) is 37.6 Å². The Bertz CT molecular complexity index is 795. The second-order valence-electron chi connectivity index (χ2n) is 6.61. The summed E-state index contributed by atoms with van der Waals surface area (Å²) in [6, 6.07) is 5.94. The van der Waals surface area contributed by atoms with E-state index >= 15 is 0 Å². The first kappa shape index (κ1) is 18.6. The van der Waals surface area contributed by atoms with Crippen molar-refractivity contribution in [3.63, 3.8) is 0 Å². The van der Waals surface area contributed by atoms with E-state index in [1.165, 1.54) is 0 Å². The Balaban J connectivity index is 0.00000196. The zero-order valence-corrected chi connectivity index (χ0v) is 15.7. The van der Waals surface area contributed by atoms with Crippen molar-refractivity contribution in [2.45, 2.75) is 12.5 Å². The van der Waals surface area contributed by atoms with E-state index in [1.807, 2.05) is 25.2 Å². The second kappa shape index (κ2) is 7.61. The van der Waals surface area contributed by atoms with Crippen molar-refractivity contribution in [2.75, 3.05) is 50.5 Å². The number of nitrogens with one attached hydrogen (secondary N) is 2. The topological polar surface area (TPSA) is 86.5 Å². The SMILES string of the molecule is CN1CCC(=O)Nc2cc(-c3nc(C4CNCCN4C)no3)ccc21.Cl. The van der Waals surface area contributed by atoms with E-state index in [-0.39, 0.29) is 24.4 Å². The first-order valence-electron chi connectivity index (χ1n) is 8.52. The largest absolute Gasteiger partial charge is 0.372 e. The number of carbonyl (C=O) groups is 1. The first-order chi connectivity index (χ1) is 12.1. The molecule has 1 saturated heterocycles. The van der Waals surface area contributed by atoms with Gasteiger partial charge in [0, 0.05) is 45.2 Å². The van der Waals surface area contributed by atoms with Crippen LogP contribution in [0, 0.1) is 0 Å². The van der Waals surface area contributed by atoms with Crippen molar-refractivity contribution < 1.29 is 9.32 Å². The molecule has 1 unspecified atom stereocenters. The molecule has 0 spiro atoms. The van der Waals surface area contributed by atoms with Crippen molar-refractivity contribution in [2.24, 2.45) is 0 Å². The van der Waals surface area contributed by atoms with Gasteiger partial charge in [-0.25, -0.2) is 0 Å². The van der Waals surface area contributed by atoms with Crippen LogP contribution in [-0.2, 0) is 4.79 Å². The Morgan fingerprint density at radius 1 is 1.27 bits per heavy atom. The zero-order chi connectivity index (χ0) is 17.4. The Morgan fingerprint density at radius 2 is 2.12 bits per heavy atom. The van der Waals surface area contributed by atoms with E-state index in [0.717, 1.165) is 36.6 Å². The number of nitrogens with zero attached hydrogens (tertiary/aromatic N) is 4. The van der Waals surface area contributed by atoms with Gasteiger partial charge in [0.25, 0.3) is 5.89 Å². The summed E-state index contributed by atoms with van der Waals surface area (Å²) < 4.78 is 5.49. The highest BCUT2D eigenvalue weighted by Crippen LogP contribution is 2.32. The Hall–Kier alpha value is -2.16. The Labute approximate surface area is 158 Å². The molecule has 2 aromatic rings. The molecule has 2 N–H and O–H groups in total. The van der Waals surface area contributed by atoms with Crippen molar-refractivity contribution in [3.8, 4) is 11.5 Å². The van der Waals surface area contributed by atoms with Crippen molar-refractivity contribution in [1.82, 2.24) is 20.4 Å². The van der Waals surface area contributed by atoms with Crippen LogP contribution < -0.4 is 15.5 Å². The summed E-state index contributed by atoms with van der Waals surface area (Å²) in [6.45, 7) is 3.42. The maximum atomic E-state index is 11.9. The fourth-order valence-electron chi connectivity index (χ4n) is 3.29. The number of hydrogen-bond acceptors (Lipinski definition) is 7. The molecule has 1 aromatic heterocycles. The quantitative estimate of drug-likeness (QED) is 0.819. The van der Waals surface area contributed by atoms with Gasteiger partial charge in [0.15, 0.2) is 5.82 Å². The molecule has 1 atom stereocenters. The molecule has 0 bridgehead atoms. The van der Waals surface area contributed by atoms with E-state index in [9.17, 15) is 4.79 Å². The average Bonchev–Trinajstić information content (AvgIpc) is 3.04. The monoisotopic (exact) mass is 378 g/mol. The van der Waals surface area contributed by atoms with Gasteiger partial charge in [0.05, 0.1) is 17.4 Å². The van der Waals surface area contributed by atoms with Gasteiger partial charge in [-0.2, -0.15) is 4.98 Å². The van der Waals surface area contributed by atoms with Gasteiger partial charge < -0.3 is 20.1 Å². The highest BCUT2D eigenvalue weighted by molar-refractivity contribution is 5.97. The summed E-state index contributed by atoms with van der Waals surface area (Å²) in [6.07, 6.45) is 0.478. The molecule has 9 heteroatoms. The standard InChI is InChI=1S/C17H22N6O2.ClH/c1-22-7-5-15(24)19-12-9-11(3-4-13(12)22)17-20-16(21-25-17)14-10-18-6-8-23(14)2;/h3-4,9,14,18H,5-8,10H2,1-2H3,(H,19,24);1H. The summed E-state index contributed by atoms with van der Waals surface area (Å²) in [5, 5.41) is 10.5. The van der Waals surface area contributed by atoms with Crippen LogP contribution in [0.1, 0.15) is 18.3 Å². The number of rotatable bonds is 2. The highest BCUT2D eigenvalue weighted by Gasteiger charge is 2.26. The molecule has 0 radical (unpaired) electrons. The molecule has 1 fully saturated rings. The lowest BCUT2D eigenvalue weighted by molar-refractivity contribution is -0.115. The minimum Gasteiger partial charge on any atom is -0.372 e. The smallest absolute Gasteiger partial charge is 0.258 e. The summed E-state index contributed by atoms with van der Waals surface area (Å²) in [7, 11) is 4.05. The minimum atomic E-state index is 0. The van der Waals surface area contributed by atoms with E-state index in [0.29, 0.717) is 24.7 Å². The zero-order valence-electron chi connectivity index (χ0n) is 14.9. The fourth-order valence-corrected chi connectivity index (χ4v) is 3.29.